The lowest BCUT2D eigenvalue weighted by Crippen LogP contribution is -2.38. The second-order valence-corrected chi connectivity index (χ2v) is 7.97. The van der Waals surface area contributed by atoms with Crippen molar-refractivity contribution in [2.75, 3.05) is 18.4 Å². The summed E-state index contributed by atoms with van der Waals surface area (Å²) in [5.41, 5.74) is 2.79. The second kappa shape index (κ2) is 7.45. The monoisotopic (exact) mass is 343 g/mol. The molecule has 24 heavy (non-hydrogen) atoms. The highest BCUT2D eigenvalue weighted by Crippen LogP contribution is 2.24. The highest BCUT2D eigenvalue weighted by Gasteiger charge is 2.22. The number of aromatic nitrogens is 1. The number of anilines is 1. The third-order valence-electron chi connectivity index (χ3n) is 4.38. The topological polar surface area (TPSA) is 45.2 Å². The minimum absolute atomic E-state index is 0.0974. The van der Waals surface area contributed by atoms with Crippen LogP contribution < -0.4 is 5.32 Å². The molecule has 1 saturated heterocycles. The van der Waals surface area contributed by atoms with E-state index in [0.29, 0.717) is 10.7 Å². The summed E-state index contributed by atoms with van der Waals surface area (Å²) in [6, 6.07) is 7.60. The number of carbonyl (C=O) groups is 1. The molecule has 1 aliphatic heterocycles. The van der Waals surface area contributed by atoms with Gasteiger partial charge in [0.1, 0.15) is 0 Å². The summed E-state index contributed by atoms with van der Waals surface area (Å²) in [6.45, 7) is 9.75. The zero-order valence-corrected chi connectivity index (χ0v) is 15.4. The molecule has 2 heterocycles. The van der Waals surface area contributed by atoms with Crippen LogP contribution in [0.15, 0.2) is 29.6 Å². The molecule has 1 aromatic heterocycles. The second-order valence-electron chi connectivity index (χ2n) is 7.11. The Balaban J connectivity index is 1.60. The van der Waals surface area contributed by atoms with Crippen LogP contribution >= 0.6 is 11.3 Å². The lowest BCUT2D eigenvalue weighted by Gasteiger charge is -2.34. The van der Waals surface area contributed by atoms with Crippen LogP contribution in [0.4, 0.5) is 5.13 Å². The van der Waals surface area contributed by atoms with E-state index >= 15 is 0 Å². The summed E-state index contributed by atoms with van der Waals surface area (Å²) in [5, 5.41) is 5.64. The number of piperidine rings is 1. The van der Waals surface area contributed by atoms with Crippen molar-refractivity contribution in [2.24, 2.45) is 11.8 Å². The van der Waals surface area contributed by atoms with Gasteiger partial charge in [0, 0.05) is 30.6 Å². The Kier molecular flexibility index (Phi) is 5.31. The molecule has 1 aliphatic rings. The first-order valence-corrected chi connectivity index (χ1v) is 9.42. The molecule has 0 bridgehead atoms. The van der Waals surface area contributed by atoms with Gasteiger partial charge >= 0.3 is 0 Å². The molecule has 0 saturated carbocycles. The van der Waals surface area contributed by atoms with Gasteiger partial charge in [0.15, 0.2) is 5.13 Å². The molecule has 1 aromatic carbocycles. The fraction of sp³-hybridized carbons (Fsp3) is 0.474. The highest BCUT2D eigenvalue weighted by molar-refractivity contribution is 7.13. The molecule has 0 radical (unpaired) electrons. The summed E-state index contributed by atoms with van der Waals surface area (Å²) in [7, 11) is 0. The number of nitrogens with zero attached hydrogens (tertiary/aromatic N) is 2. The number of rotatable bonds is 4. The van der Waals surface area contributed by atoms with Crippen molar-refractivity contribution in [3.63, 3.8) is 0 Å². The predicted octanol–water partition coefficient (Wildman–Crippen LogP) is 4.18. The quantitative estimate of drug-likeness (QED) is 0.906. The molecule has 2 aromatic rings. The summed E-state index contributed by atoms with van der Waals surface area (Å²) in [5.74, 6) is 1.39. The lowest BCUT2D eigenvalue weighted by atomic mass is 9.92. The SMILES string of the molecule is Cc1cccc(C(=O)Nc2nc(CN3C[C@H](C)C[C@@H](C)C3)cs2)c1. The molecule has 0 unspecified atom stereocenters. The molecule has 1 amide bonds. The Bertz CT molecular complexity index is 702. The Morgan fingerprint density at radius 1 is 1.33 bits per heavy atom. The van der Waals surface area contributed by atoms with Gasteiger partial charge in [0.05, 0.1) is 5.69 Å². The number of likely N-dealkylation sites (tertiary alicyclic amines) is 1. The number of benzene rings is 1. The first kappa shape index (κ1) is 17.1. The van der Waals surface area contributed by atoms with Crippen LogP contribution in [0.1, 0.15) is 41.9 Å². The van der Waals surface area contributed by atoms with Crippen LogP contribution in [-0.4, -0.2) is 28.9 Å². The van der Waals surface area contributed by atoms with E-state index in [2.05, 4.69) is 34.4 Å². The number of thiazole rings is 1. The van der Waals surface area contributed by atoms with Crippen molar-refractivity contribution in [1.29, 1.82) is 0 Å². The van der Waals surface area contributed by atoms with Crippen molar-refractivity contribution >= 4 is 22.4 Å². The van der Waals surface area contributed by atoms with Crippen molar-refractivity contribution in [1.82, 2.24) is 9.88 Å². The molecule has 3 rings (SSSR count). The van der Waals surface area contributed by atoms with Crippen molar-refractivity contribution in [2.45, 2.75) is 33.7 Å². The Morgan fingerprint density at radius 2 is 2.08 bits per heavy atom. The average molecular weight is 343 g/mol. The van der Waals surface area contributed by atoms with Crippen molar-refractivity contribution in [3.05, 3.63) is 46.5 Å². The fourth-order valence-corrected chi connectivity index (χ4v) is 4.24. The Hall–Kier alpha value is -1.72. The largest absolute Gasteiger partial charge is 0.298 e. The van der Waals surface area contributed by atoms with Gasteiger partial charge in [-0.3, -0.25) is 15.0 Å². The maximum absolute atomic E-state index is 12.3. The molecule has 1 fully saturated rings. The van der Waals surface area contributed by atoms with Gasteiger partial charge in [0.2, 0.25) is 0 Å². The van der Waals surface area contributed by atoms with Crippen LogP contribution in [-0.2, 0) is 6.54 Å². The fourth-order valence-electron chi connectivity index (χ4n) is 3.54. The van der Waals surface area contributed by atoms with Gasteiger partial charge < -0.3 is 0 Å². The number of nitrogens with one attached hydrogen (secondary N) is 1. The molecule has 0 aliphatic carbocycles. The Morgan fingerprint density at radius 3 is 2.79 bits per heavy atom. The van der Waals surface area contributed by atoms with Crippen molar-refractivity contribution in [3.8, 4) is 0 Å². The lowest BCUT2D eigenvalue weighted by molar-refractivity contribution is 0.102. The predicted molar refractivity (Wildman–Crippen MR) is 99.5 cm³/mol. The van der Waals surface area contributed by atoms with E-state index in [1.165, 1.54) is 17.8 Å². The molecule has 0 spiro atoms. The number of aryl methyl sites for hydroxylation is 1. The molecule has 2 atom stereocenters. The zero-order valence-electron chi connectivity index (χ0n) is 14.6. The van der Waals surface area contributed by atoms with E-state index in [4.69, 9.17) is 0 Å². The average Bonchev–Trinajstić information content (AvgIpc) is 2.93. The van der Waals surface area contributed by atoms with Gasteiger partial charge in [-0.05, 0) is 37.3 Å². The van der Waals surface area contributed by atoms with Crippen molar-refractivity contribution < 1.29 is 4.79 Å². The van der Waals surface area contributed by atoms with Gasteiger partial charge in [-0.1, -0.05) is 31.5 Å². The zero-order chi connectivity index (χ0) is 17.1. The molecule has 1 N–H and O–H groups in total. The molecule has 128 valence electrons. The minimum Gasteiger partial charge on any atom is -0.298 e. The van der Waals surface area contributed by atoms with Gasteiger partial charge in [0.25, 0.3) is 5.91 Å². The van der Waals surface area contributed by atoms with E-state index in [1.54, 1.807) is 0 Å². The maximum atomic E-state index is 12.3. The normalized spacial score (nSPS) is 21.6. The summed E-state index contributed by atoms with van der Waals surface area (Å²) >= 11 is 1.50. The smallest absolute Gasteiger partial charge is 0.257 e. The summed E-state index contributed by atoms with van der Waals surface area (Å²) in [4.78, 5) is 19.4. The third-order valence-corrected chi connectivity index (χ3v) is 5.19. The summed E-state index contributed by atoms with van der Waals surface area (Å²) in [6.07, 6.45) is 1.31. The number of hydrogen-bond donors (Lipinski definition) is 1. The molecule has 5 heteroatoms. The maximum Gasteiger partial charge on any atom is 0.257 e. The Labute approximate surface area is 147 Å². The summed E-state index contributed by atoms with van der Waals surface area (Å²) < 4.78 is 0. The third kappa shape index (κ3) is 4.42. The van der Waals surface area contributed by atoms with Gasteiger partial charge in [-0.15, -0.1) is 11.3 Å². The minimum atomic E-state index is -0.0974. The number of carbonyl (C=O) groups excluding carboxylic acids is 1. The first-order chi connectivity index (χ1) is 11.5. The van der Waals surface area contributed by atoms with E-state index in [1.807, 2.05) is 31.2 Å². The molecular formula is C19H25N3OS. The highest BCUT2D eigenvalue weighted by atomic mass is 32.1. The van der Waals surface area contributed by atoms with E-state index < -0.39 is 0 Å². The van der Waals surface area contributed by atoms with Crippen LogP contribution in [0.25, 0.3) is 0 Å². The standard InChI is InChI=1S/C19H25N3OS/c1-13-5-4-6-16(8-13)18(23)21-19-20-17(12-24-19)11-22-9-14(2)7-15(3)10-22/h4-6,8,12,14-15H,7,9-11H2,1-3H3,(H,20,21,23)/t14-,15-/m1/s1. The first-order valence-electron chi connectivity index (χ1n) is 8.54. The van der Waals surface area contributed by atoms with Crippen LogP contribution in [0.2, 0.25) is 0 Å². The number of hydrogen-bond acceptors (Lipinski definition) is 4. The van der Waals surface area contributed by atoms with E-state index in [9.17, 15) is 4.79 Å². The van der Waals surface area contributed by atoms with Gasteiger partial charge in [-0.2, -0.15) is 0 Å². The van der Waals surface area contributed by atoms with Crippen LogP contribution in [0.5, 0.6) is 0 Å². The molecular weight excluding hydrogens is 318 g/mol. The van der Waals surface area contributed by atoms with E-state index in [-0.39, 0.29) is 5.91 Å². The molecule has 4 nitrogen and oxygen atoms in total. The van der Waals surface area contributed by atoms with Crippen LogP contribution in [0, 0.1) is 18.8 Å². The van der Waals surface area contributed by atoms with Gasteiger partial charge in [-0.25, -0.2) is 4.98 Å². The van der Waals surface area contributed by atoms with E-state index in [0.717, 1.165) is 42.7 Å². The number of amides is 1. The van der Waals surface area contributed by atoms with Crippen LogP contribution in [0.3, 0.4) is 0 Å².